The molecule has 0 bridgehead atoms. The molecule has 0 radical (unpaired) electrons. The van der Waals surface area contributed by atoms with Crippen LogP contribution in [0.25, 0.3) is 5.57 Å². The summed E-state index contributed by atoms with van der Waals surface area (Å²) in [5.74, 6) is 1.59. The Kier molecular flexibility index (Phi) is 6.32. The Morgan fingerprint density at radius 1 is 1.10 bits per heavy atom. The average Bonchev–Trinajstić information content (AvgIpc) is 2.69. The minimum atomic E-state index is 0.117. The van der Waals surface area contributed by atoms with Gasteiger partial charge in [-0.3, -0.25) is 0 Å². The normalized spacial score (nSPS) is 16.6. The monoisotopic (exact) mass is 401 g/mol. The molecule has 0 N–H and O–H groups in total. The summed E-state index contributed by atoms with van der Waals surface area (Å²) in [6.45, 7) is 10.2. The second kappa shape index (κ2) is 8.90. The van der Waals surface area contributed by atoms with Crippen LogP contribution in [0, 0.1) is 22.7 Å². The van der Waals surface area contributed by atoms with Gasteiger partial charge in [-0.2, -0.15) is 10.5 Å². The van der Waals surface area contributed by atoms with E-state index in [1.165, 1.54) is 0 Å². The summed E-state index contributed by atoms with van der Waals surface area (Å²) in [4.78, 5) is 4.25. The van der Waals surface area contributed by atoms with Gasteiger partial charge in [-0.05, 0) is 74.6 Å². The molecule has 0 atom stereocenters. The minimum absolute atomic E-state index is 0.117. The number of ether oxygens (including phenoxy) is 1. The summed E-state index contributed by atoms with van der Waals surface area (Å²) in [7, 11) is 0. The van der Waals surface area contributed by atoms with E-state index >= 15 is 0 Å². The Morgan fingerprint density at radius 3 is 2.48 bits per heavy atom. The fourth-order valence-electron chi connectivity index (χ4n) is 3.39. The van der Waals surface area contributed by atoms with Crippen molar-refractivity contribution >= 4 is 23.0 Å². The van der Waals surface area contributed by atoms with Gasteiger partial charge in [0, 0.05) is 40.9 Å². The topological polar surface area (TPSA) is 60.0 Å². The minimum Gasteiger partial charge on any atom is -0.457 e. The van der Waals surface area contributed by atoms with E-state index in [1.54, 1.807) is 11.8 Å². The van der Waals surface area contributed by atoms with Gasteiger partial charge in [-0.25, -0.2) is 0 Å². The highest BCUT2D eigenvalue weighted by Gasteiger charge is 2.18. The van der Waals surface area contributed by atoms with Crippen molar-refractivity contribution in [1.82, 2.24) is 0 Å². The Hall–Kier alpha value is -3.15. The third-order valence-electron chi connectivity index (χ3n) is 4.84. The molecule has 0 aliphatic carbocycles. The molecule has 3 rings (SSSR count). The van der Waals surface area contributed by atoms with E-state index in [0.29, 0.717) is 5.57 Å². The number of rotatable bonds is 4. The number of nitriles is 2. The Morgan fingerprint density at radius 2 is 1.83 bits per heavy atom. The van der Waals surface area contributed by atoms with Crippen LogP contribution in [-0.4, -0.2) is 13.1 Å². The largest absolute Gasteiger partial charge is 0.457 e. The summed E-state index contributed by atoms with van der Waals surface area (Å²) in [5, 5.41) is 18.4. The van der Waals surface area contributed by atoms with Crippen molar-refractivity contribution in [2.45, 2.75) is 27.7 Å². The van der Waals surface area contributed by atoms with E-state index in [2.05, 4.69) is 43.9 Å². The highest BCUT2D eigenvalue weighted by molar-refractivity contribution is 8.06. The van der Waals surface area contributed by atoms with Gasteiger partial charge in [0.1, 0.15) is 29.2 Å². The van der Waals surface area contributed by atoms with Gasteiger partial charge in [0.25, 0.3) is 0 Å². The van der Waals surface area contributed by atoms with Crippen LogP contribution in [0.1, 0.15) is 33.3 Å². The highest BCUT2D eigenvalue weighted by atomic mass is 32.2. The predicted octanol–water partition coefficient (Wildman–Crippen LogP) is 6.09. The van der Waals surface area contributed by atoms with Gasteiger partial charge < -0.3 is 9.64 Å². The molecule has 0 saturated carbocycles. The standard InChI is InChI=1S/C24H23N3OS/c1-5-27(6-2)20-7-8-23-16(3)9-21(28-24(23)12-20)13-22-11-18(10-17(4)29-22)19(14-25)15-26/h7-13H,5-6H2,1-4H3/b21-13+. The van der Waals surface area contributed by atoms with Crippen molar-refractivity contribution in [2.24, 2.45) is 0 Å². The van der Waals surface area contributed by atoms with E-state index in [4.69, 9.17) is 4.74 Å². The summed E-state index contributed by atoms with van der Waals surface area (Å²) in [5.41, 5.74) is 4.13. The molecule has 0 saturated heterocycles. The third kappa shape index (κ3) is 4.47. The van der Waals surface area contributed by atoms with Crippen LogP contribution in [0.5, 0.6) is 5.75 Å². The molecular weight excluding hydrogens is 378 g/mol. The molecule has 5 heteroatoms. The number of allylic oxidation sites excluding steroid dienone is 8. The molecule has 2 aliphatic heterocycles. The van der Waals surface area contributed by atoms with Crippen LogP contribution < -0.4 is 9.64 Å². The first-order valence-electron chi connectivity index (χ1n) is 9.58. The average molecular weight is 402 g/mol. The van der Waals surface area contributed by atoms with Gasteiger partial charge in [0.15, 0.2) is 0 Å². The van der Waals surface area contributed by atoms with Gasteiger partial charge in [-0.15, -0.1) is 0 Å². The van der Waals surface area contributed by atoms with E-state index in [1.807, 2.05) is 43.4 Å². The van der Waals surface area contributed by atoms with Crippen molar-refractivity contribution in [3.05, 3.63) is 74.8 Å². The summed E-state index contributed by atoms with van der Waals surface area (Å²) in [6.07, 6.45) is 7.71. The summed E-state index contributed by atoms with van der Waals surface area (Å²) >= 11 is 1.60. The first-order valence-corrected chi connectivity index (χ1v) is 10.4. The lowest BCUT2D eigenvalue weighted by atomic mass is 10.0. The third-order valence-corrected chi connectivity index (χ3v) is 5.75. The first kappa shape index (κ1) is 20.6. The van der Waals surface area contributed by atoms with Crippen LogP contribution in [0.2, 0.25) is 0 Å². The smallest absolute Gasteiger partial charge is 0.136 e. The molecule has 0 unspecified atom stereocenters. The number of thioether (sulfide) groups is 1. The van der Waals surface area contributed by atoms with Crippen LogP contribution in [0.15, 0.2) is 69.2 Å². The zero-order valence-electron chi connectivity index (χ0n) is 17.1. The van der Waals surface area contributed by atoms with Gasteiger partial charge in [0.05, 0.1) is 0 Å². The molecule has 0 fully saturated rings. The fourth-order valence-corrected chi connectivity index (χ4v) is 4.31. The quantitative estimate of drug-likeness (QED) is 0.571. The molecule has 0 amide bonds. The Labute approximate surface area is 176 Å². The van der Waals surface area contributed by atoms with Crippen LogP contribution >= 0.6 is 11.8 Å². The number of hydrogen-bond donors (Lipinski definition) is 0. The number of fused-ring (bicyclic) bond motifs is 1. The summed E-state index contributed by atoms with van der Waals surface area (Å²) in [6, 6.07) is 10.3. The van der Waals surface area contributed by atoms with E-state index in [0.717, 1.165) is 51.2 Å². The number of benzene rings is 1. The Bertz CT molecular complexity index is 1050. The van der Waals surface area contributed by atoms with Gasteiger partial charge >= 0.3 is 0 Å². The molecule has 2 heterocycles. The van der Waals surface area contributed by atoms with Crippen molar-refractivity contribution in [3.63, 3.8) is 0 Å². The van der Waals surface area contributed by atoms with Crippen LogP contribution in [0.4, 0.5) is 5.69 Å². The maximum Gasteiger partial charge on any atom is 0.136 e. The van der Waals surface area contributed by atoms with E-state index in [-0.39, 0.29) is 5.57 Å². The van der Waals surface area contributed by atoms with E-state index in [9.17, 15) is 10.5 Å². The molecule has 0 spiro atoms. The molecule has 4 nitrogen and oxygen atoms in total. The van der Waals surface area contributed by atoms with Crippen molar-refractivity contribution in [3.8, 4) is 17.9 Å². The maximum atomic E-state index is 9.18. The number of anilines is 1. The predicted molar refractivity (Wildman–Crippen MR) is 120 cm³/mol. The second-order valence-electron chi connectivity index (χ2n) is 6.79. The lowest BCUT2D eigenvalue weighted by molar-refractivity contribution is 0.438. The van der Waals surface area contributed by atoms with Gasteiger partial charge in [0.2, 0.25) is 0 Å². The number of nitrogens with zero attached hydrogens (tertiary/aromatic N) is 3. The number of hydrogen-bond acceptors (Lipinski definition) is 5. The first-order chi connectivity index (χ1) is 14.0. The Balaban J connectivity index is 1.97. The fraction of sp³-hybridized carbons (Fsp3) is 0.250. The molecule has 146 valence electrons. The molecule has 1 aromatic carbocycles. The lowest BCUT2D eigenvalue weighted by Gasteiger charge is -2.25. The van der Waals surface area contributed by atoms with Crippen molar-refractivity contribution in [1.29, 1.82) is 10.5 Å². The zero-order valence-corrected chi connectivity index (χ0v) is 17.9. The maximum absolute atomic E-state index is 9.18. The second-order valence-corrected chi connectivity index (χ2v) is 8.11. The SMILES string of the molecule is CCN(CC)c1ccc2c(c1)O/C(=C/C1=CC(=C(C#N)C#N)C=C(C)S1)C=C2C. The molecule has 1 aromatic rings. The lowest BCUT2D eigenvalue weighted by Crippen LogP contribution is -2.21. The summed E-state index contributed by atoms with van der Waals surface area (Å²) < 4.78 is 6.21. The molecule has 29 heavy (non-hydrogen) atoms. The van der Waals surface area contributed by atoms with Crippen molar-refractivity contribution in [2.75, 3.05) is 18.0 Å². The van der Waals surface area contributed by atoms with Crippen LogP contribution in [-0.2, 0) is 0 Å². The van der Waals surface area contributed by atoms with E-state index < -0.39 is 0 Å². The molecular formula is C24H23N3OS. The highest BCUT2D eigenvalue weighted by Crippen LogP contribution is 2.39. The molecule has 0 aromatic heterocycles. The van der Waals surface area contributed by atoms with Gasteiger partial charge in [-0.1, -0.05) is 11.8 Å². The molecule has 2 aliphatic rings. The zero-order chi connectivity index (χ0) is 21.0. The van der Waals surface area contributed by atoms with Crippen LogP contribution in [0.3, 0.4) is 0 Å². The van der Waals surface area contributed by atoms with Crippen molar-refractivity contribution < 1.29 is 4.74 Å².